The molecule has 1 rings (SSSR count). The molecule has 80 valence electrons. The predicted molar refractivity (Wildman–Crippen MR) is 56.9 cm³/mol. The van der Waals surface area contributed by atoms with Crippen LogP contribution in [0.25, 0.3) is 0 Å². The molecule has 1 heterocycles. The summed E-state index contributed by atoms with van der Waals surface area (Å²) in [6.07, 6.45) is 1.33. The number of nitrogens with one attached hydrogen (secondary N) is 1. The lowest BCUT2D eigenvalue weighted by atomic mass is 10.5. The highest BCUT2D eigenvalue weighted by Crippen LogP contribution is 2.15. The molecule has 0 aromatic carbocycles. The van der Waals surface area contributed by atoms with Gasteiger partial charge in [-0.15, -0.1) is 0 Å². The summed E-state index contributed by atoms with van der Waals surface area (Å²) in [5.41, 5.74) is 0.562. The zero-order valence-corrected chi connectivity index (χ0v) is 10.4. The van der Waals surface area contributed by atoms with E-state index in [2.05, 4.69) is 26.1 Å². The van der Waals surface area contributed by atoms with Crippen molar-refractivity contribution in [2.75, 3.05) is 18.9 Å². The fourth-order valence-electron chi connectivity index (χ4n) is 1.01. The third-order valence-corrected chi connectivity index (χ3v) is 4.20. The van der Waals surface area contributed by atoms with Gasteiger partial charge in [-0.25, -0.2) is 8.42 Å². The lowest BCUT2D eigenvalue weighted by molar-refractivity contribution is 0.489. The summed E-state index contributed by atoms with van der Waals surface area (Å²) in [5, 5.41) is 6.90. The number of aromatic amines is 1. The van der Waals surface area contributed by atoms with E-state index >= 15 is 0 Å². The van der Waals surface area contributed by atoms with Crippen LogP contribution < -0.4 is 0 Å². The molecular formula is C7H12BrN3O2S. The number of hydrogen-bond acceptors (Lipinski definition) is 3. The Hall–Kier alpha value is -0.400. The second-order valence-electron chi connectivity index (χ2n) is 2.87. The maximum Gasteiger partial charge on any atom is 0.246 e. The largest absolute Gasteiger partial charge is 0.281 e. The maximum absolute atomic E-state index is 11.8. The summed E-state index contributed by atoms with van der Waals surface area (Å²) in [5.74, 6) is 0. The average molecular weight is 282 g/mol. The molecule has 0 saturated heterocycles. The van der Waals surface area contributed by atoms with Crippen LogP contribution in [0.3, 0.4) is 0 Å². The van der Waals surface area contributed by atoms with E-state index in [4.69, 9.17) is 0 Å². The Morgan fingerprint density at radius 2 is 2.29 bits per heavy atom. The lowest BCUT2D eigenvalue weighted by Crippen LogP contribution is -2.28. The number of aryl methyl sites for hydroxylation is 1. The van der Waals surface area contributed by atoms with E-state index in [1.165, 1.54) is 10.5 Å². The van der Waals surface area contributed by atoms with E-state index in [0.717, 1.165) is 0 Å². The number of alkyl halides is 1. The number of aromatic nitrogens is 2. The van der Waals surface area contributed by atoms with Gasteiger partial charge in [0.05, 0.1) is 11.9 Å². The summed E-state index contributed by atoms with van der Waals surface area (Å²) in [6.45, 7) is 2.12. The number of rotatable bonds is 4. The minimum atomic E-state index is -3.38. The summed E-state index contributed by atoms with van der Waals surface area (Å²) in [6, 6.07) is 0. The van der Waals surface area contributed by atoms with Crippen LogP contribution >= 0.6 is 15.9 Å². The molecule has 0 radical (unpaired) electrons. The van der Waals surface area contributed by atoms with Gasteiger partial charge in [0, 0.05) is 18.9 Å². The molecule has 0 aliphatic carbocycles. The first kappa shape index (κ1) is 11.7. The van der Waals surface area contributed by atoms with Crippen LogP contribution in [0.2, 0.25) is 0 Å². The molecule has 0 aliphatic rings. The number of nitrogens with zero attached hydrogens (tertiary/aromatic N) is 2. The number of halogens is 1. The SMILES string of the molecule is Cc1[nH]ncc1S(=O)(=O)N(C)CCBr. The molecular weight excluding hydrogens is 270 g/mol. The Morgan fingerprint density at radius 1 is 1.64 bits per heavy atom. The van der Waals surface area contributed by atoms with Gasteiger partial charge in [0.2, 0.25) is 10.0 Å². The third-order valence-electron chi connectivity index (χ3n) is 1.87. The Labute approximate surface area is 91.7 Å². The maximum atomic E-state index is 11.8. The summed E-state index contributed by atoms with van der Waals surface area (Å²) in [4.78, 5) is 0.237. The van der Waals surface area contributed by atoms with Crippen molar-refractivity contribution in [2.24, 2.45) is 0 Å². The van der Waals surface area contributed by atoms with Gasteiger partial charge in [0.25, 0.3) is 0 Å². The predicted octanol–water partition coefficient (Wildman–Crippen LogP) is 0.734. The molecule has 14 heavy (non-hydrogen) atoms. The minimum Gasteiger partial charge on any atom is -0.281 e. The summed E-state index contributed by atoms with van der Waals surface area (Å²) in [7, 11) is -1.83. The Balaban J connectivity index is 3.03. The van der Waals surface area contributed by atoms with E-state index in [1.807, 2.05) is 0 Å². The molecule has 0 aliphatic heterocycles. The second kappa shape index (κ2) is 4.41. The van der Waals surface area contributed by atoms with Gasteiger partial charge < -0.3 is 0 Å². The van der Waals surface area contributed by atoms with E-state index in [-0.39, 0.29) is 4.90 Å². The van der Waals surface area contributed by atoms with Gasteiger partial charge in [-0.3, -0.25) is 5.10 Å². The fraction of sp³-hybridized carbons (Fsp3) is 0.571. The minimum absolute atomic E-state index is 0.237. The first-order valence-electron chi connectivity index (χ1n) is 4.02. The van der Waals surface area contributed by atoms with Gasteiger partial charge in [0.1, 0.15) is 4.90 Å². The molecule has 1 aromatic heterocycles. The van der Waals surface area contributed by atoms with Crippen LogP contribution in [0, 0.1) is 6.92 Å². The molecule has 0 saturated carbocycles. The molecule has 1 aromatic rings. The highest BCUT2D eigenvalue weighted by atomic mass is 79.9. The molecule has 0 bridgehead atoms. The van der Waals surface area contributed by atoms with Gasteiger partial charge in [0.15, 0.2) is 0 Å². The molecule has 0 amide bonds. The highest BCUT2D eigenvalue weighted by molar-refractivity contribution is 9.09. The molecule has 0 atom stereocenters. The topological polar surface area (TPSA) is 66.1 Å². The number of hydrogen-bond donors (Lipinski definition) is 1. The van der Waals surface area contributed by atoms with Crippen LogP contribution in [-0.2, 0) is 10.0 Å². The fourth-order valence-corrected chi connectivity index (χ4v) is 3.06. The summed E-state index contributed by atoms with van der Waals surface area (Å²) < 4.78 is 25.0. The zero-order valence-electron chi connectivity index (χ0n) is 7.99. The van der Waals surface area contributed by atoms with Crippen molar-refractivity contribution < 1.29 is 8.42 Å². The highest BCUT2D eigenvalue weighted by Gasteiger charge is 2.23. The van der Waals surface area contributed by atoms with Gasteiger partial charge in [-0.2, -0.15) is 9.40 Å². The number of sulfonamides is 1. The van der Waals surface area contributed by atoms with Crippen molar-refractivity contribution in [1.29, 1.82) is 0 Å². The van der Waals surface area contributed by atoms with Gasteiger partial charge >= 0.3 is 0 Å². The van der Waals surface area contributed by atoms with Crippen molar-refractivity contribution >= 4 is 26.0 Å². The first-order chi connectivity index (χ1) is 6.50. The normalized spacial score (nSPS) is 12.3. The summed E-state index contributed by atoms with van der Waals surface area (Å²) >= 11 is 3.19. The smallest absolute Gasteiger partial charge is 0.246 e. The van der Waals surface area contributed by atoms with Crippen LogP contribution in [0.1, 0.15) is 5.69 Å². The van der Waals surface area contributed by atoms with E-state index in [1.54, 1.807) is 14.0 Å². The Morgan fingerprint density at radius 3 is 2.71 bits per heavy atom. The number of H-pyrrole nitrogens is 1. The second-order valence-corrected chi connectivity index (χ2v) is 5.68. The van der Waals surface area contributed by atoms with E-state index in [9.17, 15) is 8.42 Å². The van der Waals surface area contributed by atoms with Crippen molar-refractivity contribution in [3.05, 3.63) is 11.9 Å². The third kappa shape index (κ3) is 2.15. The van der Waals surface area contributed by atoms with Crippen LogP contribution in [-0.4, -0.2) is 41.8 Å². The quantitative estimate of drug-likeness (QED) is 0.828. The molecule has 0 fully saturated rings. The molecule has 0 spiro atoms. The van der Waals surface area contributed by atoms with E-state index < -0.39 is 10.0 Å². The Kier molecular flexibility index (Phi) is 3.68. The van der Waals surface area contributed by atoms with Crippen LogP contribution in [0.5, 0.6) is 0 Å². The molecule has 5 nitrogen and oxygen atoms in total. The molecule has 1 N–H and O–H groups in total. The monoisotopic (exact) mass is 281 g/mol. The Bertz CT molecular complexity index is 401. The molecule has 7 heteroatoms. The molecule has 0 unspecified atom stereocenters. The van der Waals surface area contributed by atoms with Crippen LogP contribution in [0.4, 0.5) is 0 Å². The van der Waals surface area contributed by atoms with E-state index in [0.29, 0.717) is 17.6 Å². The van der Waals surface area contributed by atoms with Gasteiger partial charge in [-0.05, 0) is 6.92 Å². The van der Waals surface area contributed by atoms with Gasteiger partial charge in [-0.1, -0.05) is 15.9 Å². The van der Waals surface area contributed by atoms with Crippen molar-refractivity contribution in [2.45, 2.75) is 11.8 Å². The lowest BCUT2D eigenvalue weighted by Gasteiger charge is -2.14. The van der Waals surface area contributed by atoms with Crippen molar-refractivity contribution in [1.82, 2.24) is 14.5 Å². The van der Waals surface area contributed by atoms with Crippen LogP contribution in [0.15, 0.2) is 11.1 Å². The zero-order chi connectivity index (χ0) is 10.8. The van der Waals surface area contributed by atoms with Crippen molar-refractivity contribution in [3.8, 4) is 0 Å². The standard InChI is InChI=1S/C7H12BrN3O2S/c1-6-7(5-9-10-6)14(12,13)11(2)4-3-8/h5H,3-4H2,1-2H3,(H,9,10). The average Bonchev–Trinajstić information content (AvgIpc) is 2.52. The first-order valence-corrected chi connectivity index (χ1v) is 6.58. The van der Waals surface area contributed by atoms with Crippen molar-refractivity contribution in [3.63, 3.8) is 0 Å².